The van der Waals surface area contributed by atoms with Gasteiger partial charge in [0, 0.05) is 0 Å². The van der Waals surface area contributed by atoms with Gasteiger partial charge in [0.25, 0.3) is 0 Å². The zero-order valence-electron chi connectivity index (χ0n) is 16.6. The summed E-state index contributed by atoms with van der Waals surface area (Å²) in [6.07, 6.45) is 11.9. The van der Waals surface area contributed by atoms with Crippen LogP contribution in [0.15, 0.2) is 12.7 Å². The topological polar surface area (TPSA) is 52.6 Å². The molecule has 0 saturated heterocycles. The molecule has 148 valence electrons. The molecule has 0 radical (unpaired) electrons. The molecule has 0 N–H and O–H groups in total. The van der Waals surface area contributed by atoms with E-state index in [9.17, 15) is 9.59 Å². The van der Waals surface area contributed by atoms with E-state index < -0.39 is 5.41 Å². The Morgan fingerprint density at radius 3 is 1.81 bits per heavy atom. The van der Waals surface area contributed by atoms with Crippen LogP contribution >= 0.6 is 0 Å². The Bertz CT molecular complexity index is 453. The predicted molar refractivity (Wildman–Crippen MR) is 103 cm³/mol. The highest BCUT2D eigenvalue weighted by molar-refractivity contribution is 6.01. The Balaban J connectivity index is 2.39. The van der Waals surface area contributed by atoms with E-state index in [1.54, 1.807) is 6.08 Å². The van der Waals surface area contributed by atoms with Gasteiger partial charge in [-0.1, -0.05) is 65.0 Å². The molecule has 0 amide bonds. The number of carbonyl (C=O) groups excluding carboxylic acids is 2. The largest absolute Gasteiger partial charge is 0.465 e. The highest BCUT2D eigenvalue weighted by Crippen LogP contribution is 2.50. The van der Waals surface area contributed by atoms with Crippen molar-refractivity contribution in [3.8, 4) is 0 Å². The molecule has 0 bridgehead atoms. The Hall–Kier alpha value is -1.32. The molecule has 0 heterocycles. The molecule has 0 aliphatic heterocycles. The number of carbonyl (C=O) groups is 2. The standard InChI is InChI=1S/C22H36O4/c1-4-15-25-20(23)22(18-11-7-5-8-12-18,19-13-9-6-10-14-19)21(24)26-16-17(2)3/h4,17-19H,1,5-16H2,2-3H3. The Morgan fingerprint density at radius 2 is 1.38 bits per heavy atom. The van der Waals surface area contributed by atoms with Crippen LogP contribution in [-0.2, 0) is 19.1 Å². The van der Waals surface area contributed by atoms with Crippen LogP contribution in [0.1, 0.15) is 78.1 Å². The van der Waals surface area contributed by atoms with Crippen molar-refractivity contribution in [2.45, 2.75) is 78.1 Å². The second kappa shape index (κ2) is 10.1. The fourth-order valence-corrected chi connectivity index (χ4v) is 4.81. The van der Waals surface area contributed by atoms with Crippen LogP contribution in [-0.4, -0.2) is 25.2 Å². The minimum Gasteiger partial charge on any atom is -0.465 e. The lowest BCUT2D eigenvalue weighted by molar-refractivity contribution is -0.186. The van der Waals surface area contributed by atoms with Crippen molar-refractivity contribution in [1.29, 1.82) is 0 Å². The fourth-order valence-electron chi connectivity index (χ4n) is 4.81. The minimum absolute atomic E-state index is 0.0383. The van der Waals surface area contributed by atoms with Gasteiger partial charge in [-0.2, -0.15) is 0 Å². The molecule has 0 aromatic carbocycles. The molecule has 2 saturated carbocycles. The highest BCUT2D eigenvalue weighted by Gasteiger charge is 2.59. The van der Waals surface area contributed by atoms with Crippen molar-refractivity contribution in [2.75, 3.05) is 13.2 Å². The van der Waals surface area contributed by atoms with E-state index in [2.05, 4.69) is 6.58 Å². The second-order valence-electron chi connectivity index (χ2n) is 8.42. The lowest BCUT2D eigenvalue weighted by Gasteiger charge is -2.44. The van der Waals surface area contributed by atoms with Crippen molar-refractivity contribution in [2.24, 2.45) is 23.2 Å². The summed E-state index contributed by atoms with van der Waals surface area (Å²) in [5.74, 6) is -0.379. The van der Waals surface area contributed by atoms with Crippen LogP contribution in [0.2, 0.25) is 0 Å². The van der Waals surface area contributed by atoms with Gasteiger partial charge in [0.1, 0.15) is 6.61 Å². The molecule has 0 unspecified atom stereocenters. The van der Waals surface area contributed by atoms with Crippen LogP contribution in [0.25, 0.3) is 0 Å². The molecule has 4 nitrogen and oxygen atoms in total. The normalized spacial score (nSPS) is 20.0. The maximum absolute atomic E-state index is 13.4. The van der Waals surface area contributed by atoms with E-state index in [1.165, 1.54) is 12.8 Å². The maximum Gasteiger partial charge on any atom is 0.324 e. The SMILES string of the molecule is C=CCOC(=O)C(C(=O)OCC(C)C)(C1CCCCC1)C1CCCCC1. The third-order valence-electron chi connectivity index (χ3n) is 6.05. The molecule has 0 atom stereocenters. The first kappa shape index (κ1) is 21.0. The van der Waals surface area contributed by atoms with Crippen molar-refractivity contribution < 1.29 is 19.1 Å². The van der Waals surface area contributed by atoms with E-state index in [0.717, 1.165) is 51.4 Å². The lowest BCUT2D eigenvalue weighted by Crippen LogP contribution is -2.54. The summed E-state index contributed by atoms with van der Waals surface area (Å²) < 4.78 is 11.2. The number of hydrogen-bond acceptors (Lipinski definition) is 4. The molecule has 2 rings (SSSR count). The van der Waals surface area contributed by atoms with Gasteiger partial charge in [0.2, 0.25) is 0 Å². The summed E-state index contributed by atoms with van der Waals surface area (Å²) in [6.45, 7) is 8.20. The predicted octanol–water partition coefficient (Wildman–Crippen LogP) is 5.06. The van der Waals surface area contributed by atoms with Crippen LogP contribution in [0, 0.1) is 23.2 Å². The van der Waals surface area contributed by atoms with Gasteiger partial charge < -0.3 is 9.47 Å². The monoisotopic (exact) mass is 364 g/mol. The van der Waals surface area contributed by atoms with Crippen molar-refractivity contribution in [3.63, 3.8) is 0 Å². The lowest BCUT2D eigenvalue weighted by atomic mass is 9.58. The summed E-state index contributed by atoms with van der Waals surface area (Å²) >= 11 is 0. The number of ether oxygens (including phenoxy) is 2. The maximum atomic E-state index is 13.4. The second-order valence-corrected chi connectivity index (χ2v) is 8.42. The van der Waals surface area contributed by atoms with Gasteiger partial charge in [0.15, 0.2) is 5.41 Å². The molecular formula is C22H36O4. The minimum atomic E-state index is -1.13. The Morgan fingerprint density at radius 1 is 0.923 bits per heavy atom. The molecular weight excluding hydrogens is 328 g/mol. The van der Waals surface area contributed by atoms with E-state index in [0.29, 0.717) is 6.61 Å². The number of rotatable bonds is 8. The average Bonchev–Trinajstić information content (AvgIpc) is 2.67. The van der Waals surface area contributed by atoms with Gasteiger partial charge in [-0.25, -0.2) is 0 Å². The molecule has 0 aromatic rings. The molecule has 2 aliphatic carbocycles. The van der Waals surface area contributed by atoms with E-state index in [-0.39, 0.29) is 36.3 Å². The summed E-state index contributed by atoms with van der Waals surface area (Å²) in [6, 6.07) is 0. The Kier molecular flexibility index (Phi) is 8.17. The van der Waals surface area contributed by atoms with Gasteiger partial charge in [-0.15, -0.1) is 0 Å². The summed E-state index contributed by atoms with van der Waals surface area (Å²) in [7, 11) is 0. The number of esters is 2. The Labute approximate surface area is 158 Å². The molecule has 0 spiro atoms. The smallest absolute Gasteiger partial charge is 0.324 e. The molecule has 4 heteroatoms. The summed E-state index contributed by atoms with van der Waals surface area (Å²) in [5, 5.41) is 0. The zero-order chi connectivity index (χ0) is 19.0. The van der Waals surface area contributed by atoms with Crippen molar-refractivity contribution >= 4 is 11.9 Å². The molecule has 2 fully saturated rings. The van der Waals surface area contributed by atoms with Gasteiger partial charge >= 0.3 is 11.9 Å². The third-order valence-corrected chi connectivity index (χ3v) is 6.05. The van der Waals surface area contributed by atoms with Gasteiger partial charge in [0.05, 0.1) is 6.61 Å². The van der Waals surface area contributed by atoms with E-state index >= 15 is 0 Å². The summed E-state index contributed by atoms with van der Waals surface area (Å²) in [5.41, 5.74) is -1.13. The third kappa shape index (κ3) is 4.69. The van der Waals surface area contributed by atoms with Gasteiger partial charge in [-0.3, -0.25) is 9.59 Å². The van der Waals surface area contributed by atoms with E-state index in [4.69, 9.17) is 9.47 Å². The highest BCUT2D eigenvalue weighted by atomic mass is 16.6. The molecule has 26 heavy (non-hydrogen) atoms. The van der Waals surface area contributed by atoms with Crippen LogP contribution in [0.3, 0.4) is 0 Å². The number of hydrogen-bond donors (Lipinski definition) is 0. The zero-order valence-corrected chi connectivity index (χ0v) is 16.6. The first-order chi connectivity index (χ1) is 12.5. The van der Waals surface area contributed by atoms with Crippen molar-refractivity contribution in [1.82, 2.24) is 0 Å². The molecule has 0 aromatic heterocycles. The van der Waals surface area contributed by atoms with Crippen LogP contribution < -0.4 is 0 Å². The van der Waals surface area contributed by atoms with Crippen LogP contribution in [0.4, 0.5) is 0 Å². The first-order valence-electron chi connectivity index (χ1n) is 10.5. The van der Waals surface area contributed by atoms with Crippen LogP contribution in [0.5, 0.6) is 0 Å². The average molecular weight is 365 g/mol. The quantitative estimate of drug-likeness (QED) is 0.343. The van der Waals surface area contributed by atoms with Gasteiger partial charge in [-0.05, 0) is 43.4 Å². The first-order valence-corrected chi connectivity index (χ1v) is 10.5. The van der Waals surface area contributed by atoms with Crippen molar-refractivity contribution in [3.05, 3.63) is 12.7 Å². The molecule has 2 aliphatic rings. The van der Waals surface area contributed by atoms with E-state index in [1.807, 2.05) is 13.8 Å². The fraction of sp³-hybridized carbons (Fsp3) is 0.818. The summed E-state index contributed by atoms with van der Waals surface area (Å²) in [4.78, 5) is 26.8.